The minimum Gasteiger partial charge on any atom is -0.358 e. The molecule has 0 fully saturated rings. The average molecular weight is 190 g/mol. The molecule has 0 bridgehead atoms. The van der Waals surface area contributed by atoms with E-state index in [1.807, 2.05) is 11.8 Å². The molecule has 2 N–H and O–H groups in total. The smallest absolute Gasteiger partial charge is 0.233 e. The fourth-order valence-corrected chi connectivity index (χ4v) is 1.42. The monoisotopic (exact) mass is 190 g/mol. The van der Waals surface area contributed by atoms with E-state index in [0.717, 1.165) is 11.5 Å². The normalized spacial score (nSPS) is 12.6. The Balaban J connectivity index is 3.30. The molecule has 0 radical (unpaired) electrons. The molecule has 0 saturated heterocycles. The lowest BCUT2D eigenvalue weighted by atomic mass is 10.4. The standard InChI is InChI=1S/C8H18N2OS/c1-4-12-6-7(2)10-5-8(11)9-3/h7,10H,4-6H2,1-3H3,(H,9,11). The van der Waals surface area contributed by atoms with E-state index in [2.05, 4.69) is 24.5 Å². The van der Waals surface area contributed by atoms with Crippen molar-refractivity contribution in [2.24, 2.45) is 0 Å². The van der Waals surface area contributed by atoms with Crippen LogP contribution in [0, 0.1) is 0 Å². The first-order chi connectivity index (χ1) is 5.70. The van der Waals surface area contributed by atoms with E-state index in [1.165, 1.54) is 0 Å². The summed E-state index contributed by atoms with van der Waals surface area (Å²) >= 11 is 1.88. The number of thioether (sulfide) groups is 1. The van der Waals surface area contributed by atoms with Gasteiger partial charge in [-0.25, -0.2) is 0 Å². The third-order valence-corrected chi connectivity index (χ3v) is 2.61. The van der Waals surface area contributed by atoms with Gasteiger partial charge in [0.1, 0.15) is 0 Å². The first kappa shape index (κ1) is 11.8. The predicted molar refractivity (Wildman–Crippen MR) is 54.5 cm³/mol. The lowest BCUT2D eigenvalue weighted by molar-refractivity contribution is -0.119. The molecule has 0 aromatic rings. The lowest BCUT2D eigenvalue weighted by Crippen LogP contribution is -2.37. The number of hydrogen-bond acceptors (Lipinski definition) is 3. The van der Waals surface area contributed by atoms with Gasteiger partial charge >= 0.3 is 0 Å². The molecule has 12 heavy (non-hydrogen) atoms. The van der Waals surface area contributed by atoms with Crippen LogP contribution in [0.25, 0.3) is 0 Å². The Kier molecular flexibility index (Phi) is 7.29. The molecule has 0 aromatic carbocycles. The van der Waals surface area contributed by atoms with Crippen LogP contribution in [0.2, 0.25) is 0 Å². The van der Waals surface area contributed by atoms with E-state index < -0.39 is 0 Å². The Morgan fingerprint density at radius 1 is 1.58 bits per heavy atom. The zero-order valence-corrected chi connectivity index (χ0v) is 8.83. The molecule has 0 saturated carbocycles. The fraction of sp³-hybridized carbons (Fsp3) is 0.875. The Morgan fingerprint density at radius 3 is 2.75 bits per heavy atom. The van der Waals surface area contributed by atoms with E-state index in [0.29, 0.717) is 12.6 Å². The van der Waals surface area contributed by atoms with Gasteiger partial charge in [-0.05, 0) is 12.7 Å². The molecule has 1 amide bonds. The summed E-state index contributed by atoms with van der Waals surface area (Å²) in [6.07, 6.45) is 0. The minimum atomic E-state index is 0.0448. The summed E-state index contributed by atoms with van der Waals surface area (Å²) in [6, 6.07) is 0.409. The van der Waals surface area contributed by atoms with Crippen LogP contribution < -0.4 is 10.6 Å². The fourth-order valence-electron chi connectivity index (χ4n) is 0.709. The average Bonchev–Trinajstić information content (AvgIpc) is 2.10. The maximum atomic E-state index is 10.8. The molecule has 72 valence electrons. The van der Waals surface area contributed by atoms with Gasteiger partial charge in [0.25, 0.3) is 0 Å². The van der Waals surface area contributed by atoms with Gasteiger partial charge in [0, 0.05) is 18.8 Å². The van der Waals surface area contributed by atoms with E-state index in [9.17, 15) is 4.79 Å². The first-order valence-electron chi connectivity index (χ1n) is 4.22. The predicted octanol–water partition coefficient (Wildman–Crippen LogP) is 0.464. The maximum absolute atomic E-state index is 10.8. The number of amides is 1. The molecule has 0 aliphatic heterocycles. The van der Waals surface area contributed by atoms with Gasteiger partial charge in [0.05, 0.1) is 6.54 Å². The van der Waals surface area contributed by atoms with Gasteiger partial charge in [-0.15, -0.1) is 0 Å². The highest BCUT2D eigenvalue weighted by Crippen LogP contribution is 2.00. The van der Waals surface area contributed by atoms with Crippen molar-refractivity contribution in [1.29, 1.82) is 0 Å². The molecule has 1 unspecified atom stereocenters. The van der Waals surface area contributed by atoms with E-state index in [1.54, 1.807) is 7.05 Å². The second-order valence-corrected chi connectivity index (χ2v) is 3.93. The summed E-state index contributed by atoms with van der Waals surface area (Å²) in [5, 5.41) is 5.70. The molecular weight excluding hydrogens is 172 g/mol. The second-order valence-electron chi connectivity index (χ2n) is 2.61. The molecule has 1 atom stereocenters. The summed E-state index contributed by atoms with van der Waals surface area (Å²) < 4.78 is 0. The molecule has 0 heterocycles. The summed E-state index contributed by atoms with van der Waals surface area (Å²) in [6.45, 7) is 4.64. The first-order valence-corrected chi connectivity index (χ1v) is 5.37. The number of hydrogen-bond donors (Lipinski definition) is 2. The van der Waals surface area contributed by atoms with E-state index in [4.69, 9.17) is 0 Å². The summed E-state index contributed by atoms with van der Waals surface area (Å²) in [5.41, 5.74) is 0. The molecule has 0 aromatic heterocycles. The quantitative estimate of drug-likeness (QED) is 0.639. The third kappa shape index (κ3) is 6.49. The van der Waals surface area contributed by atoms with Crippen LogP contribution in [0.5, 0.6) is 0 Å². The molecule has 0 rings (SSSR count). The molecule has 3 nitrogen and oxygen atoms in total. The Labute approximate surface area is 78.7 Å². The Hall–Kier alpha value is -0.220. The third-order valence-electron chi connectivity index (χ3n) is 1.46. The van der Waals surface area contributed by atoms with Crippen molar-refractivity contribution < 1.29 is 4.79 Å². The molecule has 0 spiro atoms. The highest BCUT2D eigenvalue weighted by Gasteiger charge is 2.02. The van der Waals surface area contributed by atoms with Crippen LogP contribution in [0.1, 0.15) is 13.8 Å². The van der Waals surface area contributed by atoms with Crippen molar-refractivity contribution >= 4 is 17.7 Å². The van der Waals surface area contributed by atoms with Gasteiger partial charge in [0.2, 0.25) is 5.91 Å². The van der Waals surface area contributed by atoms with Crippen molar-refractivity contribution in [1.82, 2.24) is 10.6 Å². The largest absolute Gasteiger partial charge is 0.358 e. The highest BCUT2D eigenvalue weighted by molar-refractivity contribution is 7.99. The number of likely N-dealkylation sites (N-methyl/N-ethyl adjacent to an activating group) is 1. The number of carbonyl (C=O) groups is 1. The number of nitrogens with one attached hydrogen (secondary N) is 2. The number of carbonyl (C=O) groups excluding carboxylic acids is 1. The van der Waals surface area contributed by atoms with Gasteiger partial charge in [-0.3, -0.25) is 4.79 Å². The maximum Gasteiger partial charge on any atom is 0.233 e. The molecular formula is C8H18N2OS. The van der Waals surface area contributed by atoms with Crippen molar-refractivity contribution in [2.75, 3.05) is 25.1 Å². The van der Waals surface area contributed by atoms with Crippen LogP contribution in [0.4, 0.5) is 0 Å². The van der Waals surface area contributed by atoms with Crippen LogP contribution in [-0.2, 0) is 4.79 Å². The lowest BCUT2D eigenvalue weighted by Gasteiger charge is -2.11. The van der Waals surface area contributed by atoms with Crippen molar-refractivity contribution in [3.8, 4) is 0 Å². The van der Waals surface area contributed by atoms with Crippen molar-refractivity contribution in [2.45, 2.75) is 19.9 Å². The van der Waals surface area contributed by atoms with Crippen molar-refractivity contribution in [3.05, 3.63) is 0 Å². The zero-order valence-electron chi connectivity index (χ0n) is 8.02. The topological polar surface area (TPSA) is 41.1 Å². The van der Waals surface area contributed by atoms with Crippen LogP contribution >= 0.6 is 11.8 Å². The summed E-state index contributed by atoms with van der Waals surface area (Å²) in [7, 11) is 1.65. The van der Waals surface area contributed by atoms with Gasteiger partial charge in [-0.1, -0.05) is 6.92 Å². The second kappa shape index (κ2) is 7.43. The van der Waals surface area contributed by atoms with Gasteiger partial charge < -0.3 is 10.6 Å². The minimum absolute atomic E-state index is 0.0448. The SMILES string of the molecule is CCSCC(C)NCC(=O)NC. The van der Waals surface area contributed by atoms with Crippen molar-refractivity contribution in [3.63, 3.8) is 0 Å². The molecule has 0 aliphatic rings. The highest BCUT2D eigenvalue weighted by atomic mass is 32.2. The Bertz CT molecular complexity index is 130. The van der Waals surface area contributed by atoms with Gasteiger partial charge in [0.15, 0.2) is 0 Å². The molecule has 0 aliphatic carbocycles. The summed E-state index contributed by atoms with van der Waals surface area (Å²) in [5.74, 6) is 2.24. The van der Waals surface area contributed by atoms with Crippen LogP contribution in [0.3, 0.4) is 0 Å². The van der Waals surface area contributed by atoms with Crippen LogP contribution in [0.15, 0.2) is 0 Å². The summed E-state index contributed by atoms with van der Waals surface area (Å²) in [4.78, 5) is 10.8. The molecule has 4 heteroatoms. The van der Waals surface area contributed by atoms with E-state index in [-0.39, 0.29) is 5.91 Å². The van der Waals surface area contributed by atoms with E-state index >= 15 is 0 Å². The van der Waals surface area contributed by atoms with Gasteiger partial charge in [-0.2, -0.15) is 11.8 Å². The van der Waals surface area contributed by atoms with Crippen LogP contribution in [-0.4, -0.2) is 37.0 Å². The Morgan fingerprint density at radius 2 is 2.25 bits per heavy atom. The number of rotatable bonds is 6. The zero-order chi connectivity index (χ0) is 9.40.